The van der Waals surface area contributed by atoms with E-state index in [4.69, 9.17) is 0 Å². The molecule has 1 atom stereocenters. The van der Waals surface area contributed by atoms with Gasteiger partial charge in [-0.15, -0.1) is 0 Å². The van der Waals surface area contributed by atoms with Gasteiger partial charge in [-0.3, -0.25) is 9.48 Å². The van der Waals surface area contributed by atoms with Gasteiger partial charge in [0.05, 0.1) is 23.8 Å². The van der Waals surface area contributed by atoms with E-state index in [1.807, 2.05) is 23.4 Å². The minimum Gasteiger partial charge on any atom is -0.388 e. The number of carbonyl (C=O) groups excluding carboxylic acids is 1. The summed E-state index contributed by atoms with van der Waals surface area (Å²) in [5.41, 5.74) is 2.22. The molecule has 1 aliphatic rings. The van der Waals surface area contributed by atoms with Crippen molar-refractivity contribution in [2.75, 3.05) is 6.54 Å². The number of rotatable bonds is 5. The van der Waals surface area contributed by atoms with Crippen LogP contribution in [-0.4, -0.2) is 43.9 Å². The Balaban J connectivity index is 2.16. The van der Waals surface area contributed by atoms with Crippen molar-refractivity contribution in [3.63, 3.8) is 0 Å². The van der Waals surface area contributed by atoms with Gasteiger partial charge in [-0.05, 0) is 46.5 Å². The number of carbonyl (C=O) groups is 1. The molecule has 5 heteroatoms. The molecule has 1 amide bonds. The number of aliphatic hydroxyl groups is 1. The van der Waals surface area contributed by atoms with Gasteiger partial charge in [0.2, 0.25) is 5.91 Å². The summed E-state index contributed by atoms with van der Waals surface area (Å²) in [6.45, 7) is 13.6. The predicted molar refractivity (Wildman–Crippen MR) is 91.3 cm³/mol. The van der Waals surface area contributed by atoms with Crippen LogP contribution in [0.25, 0.3) is 0 Å². The summed E-state index contributed by atoms with van der Waals surface area (Å²) in [6, 6.07) is -0.0821. The highest BCUT2D eigenvalue weighted by Gasteiger charge is 2.38. The maximum atomic E-state index is 12.8. The predicted octanol–water partition coefficient (Wildman–Crippen LogP) is 2.46. The smallest absolute Gasteiger partial charge is 0.227 e. The van der Waals surface area contributed by atoms with Crippen molar-refractivity contribution in [3.05, 3.63) is 17.0 Å². The Kier molecular flexibility index (Phi) is 5.19. The van der Waals surface area contributed by atoms with Crippen LogP contribution in [0.2, 0.25) is 0 Å². The maximum Gasteiger partial charge on any atom is 0.227 e. The van der Waals surface area contributed by atoms with E-state index in [2.05, 4.69) is 18.9 Å². The second-order valence-electron chi connectivity index (χ2n) is 7.80. The first kappa shape index (κ1) is 18.0. The monoisotopic (exact) mass is 321 g/mol. The third-order valence-electron chi connectivity index (χ3n) is 4.79. The fourth-order valence-corrected chi connectivity index (χ4v) is 3.57. The third kappa shape index (κ3) is 3.94. The first-order valence-corrected chi connectivity index (χ1v) is 8.66. The molecule has 0 aliphatic carbocycles. The number of likely N-dealkylation sites (tertiary alicyclic amines) is 1. The number of nitrogens with zero attached hydrogens (tertiary/aromatic N) is 3. The highest BCUT2D eigenvalue weighted by molar-refractivity contribution is 5.80. The second-order valence-corrected chi connectivity index (χ2v) is 7.80. The Morgan fingerprint density at radius 3 is 2.61 bits per heavy atom. The van der Waals surface area contributed by atoms with Gasteiger partial charge >= 0.3 is 0 Å². The molecule has 23 heavy (non-hydrogen) atoms. The molecule has 130 valence electrons. The molecule has 1 unspecified atom stereocenters. The summed E-state index contributed by atoms with van der Waals surface area (Å²) in [6.07, 6.45) is 2.22. The van der Waals surface area contributed by atoms with Crippen LogP contribution >= 0.6 is 0 Å². The van der Waals surface area contributed by atoms with E-state index >= 15 is 0 Å². The van der Waals surface area contributed by atoms with E-state index in [-0.39, 0.29) is 11.9 Å². The molecule has 0 aromatic carbocycles. The number of amides is 1. The maximum absolute atomic E-state index is 12.8. The van der Waals surface area contributed by atoms with Crippen LogP contribution in [0.4, 0.5) is 0 Å². The Morgan fingerprint density at radius 2 is 2.04 bits per heavy atom. The Labute approximate surface area is 139 Å². The van der Waals surface area contributed by atoms with Crippen LogP contribution in [0.15, 0.2) is 0 Å². The van der Waals surface area contributed by atoms with Gasteiger partial charge in [0, 0.05) is 24.3 Å². The molecular formula is C18H31N3O2. The van der Waals surface area contributed by atoms with Crippen LogP contribution in [0.1, 0.15) is 57.5 Å². The van der Waals surface area contributed by atoms with Crippen LogP contribution < -0.4 is 0 Å². The Morgan fingerprint density at radius 1 is 1.39 bits per heavy atom. The van der Waals surface area contributed by atoms with E-state index < -0.39 is 5.60 Å². The normalized spacial score (nSPS) is 19.0. The van der Waals surface area contributed by atoms with Gasteiger partial charge in [0.1, 0.15) is 0 Å². The van der Waals surface area contributed by atoms with E-state index in [0.717, 1.165) is 42.9 Å². The summed E-state index contributed by atoms with van der Waals surface area (Å²) in [4.78, 5) is 14.6. The lowest BCUT2D eigenvalue weighted by Gasteiger charge is -2.34. The van der Waals surface area contributed by atoms with Gasteiger partial charge in [0.25, 0.3) is 0 Å². The molecule has 0 spiro atoms. The van der Waals surface area contributed by atoms with Crippen LogP contribution in [0.3, 0.4) is 0 Å². The number of hydrogen-bond donors (Lipinski definition) is 1. The van der Waals surface area contributed by atoms with E-state index in [0.29, 0.717) is 12.3 Å². The summed E-state index contributed by atoms with van der Waals surface area (Å²) in [7, 11) is 0. The van der Waals surface area contributed by atoms with Crippen molar-refractivity contribution in [2.45, 2.75) is 79.0 Å². The zero-order valence-electron chi connectivity index (χ0n) is 15.4. The molecule has 1 saturated heterocycles. The van der Waals surface area contributed by atoms with Gasteiger partial charge in [-0.25, -0.2) is 0 Å². The highest BCUT2D eigenvalue weighted by atomic mass is 16.3. The molecule has 1 aromatic rings. The standard InChI is InChI=1S/C18H31N3O2/c1-12(2)11-21-14(4)15(13(3)19-21)10-17(22)20-9-7-8-16(20)18(5,6)23/h12,16,23H,7-11H2,1-6H3. The van der Waals surface area contributed by atoms with E-state index in [1.165, 1.54) is 0 Å². The van der Waals surface area contributed by atoms with Gasteiger partial charge in [0.15, 0.2) is 0 Å². The SMILES string of the molecule is Cc1nn(CC(C)C)c(C)c1CC(=O)N1CCCC1C(C)(C)O. The minimum atomic E-state index is -0.849. The Hall–Kier alpha value is -1.36. The fourth-order valence-electron chi connectivity index (χ4n) is 3.57. The molecule has 1 N–H and O–H groups in total. The summed E-state index contributed by atoms with van der Waals surface area (Å²) >= 11 is 0. The van der Waals surface area contributed by atoms with E-state index in [1.54, 1.807) is 13.8 Å². The molecule has 2 heterocycles. The third-order valence-corrected chi connectivity index (χ3v) is 4.79. The topological polar surface area (TPSA) is 58.4 Å². The molecular weight excluding hydrogens is 290 g/mol. The number of hydrogen-bond acceptors (Lipinski definition) is 3. The van der Waals surface area contributed by atoms with Crippen molar-refractivity contribution in [1.82, 2.24) is 14.7 Å². The first-order chi connectivity index (χ1) is 10.6. The molecule has 1 aliphatic heterocycles. The summed E-state index contributed by atoms with van der Waals surface area (Å²) in [5.74, 6) is 0.625. The lowest BCUT2D eigenvalue weighted by atomic mass is 9.96. The molecule has 1 fully saturated rings. The lowest BCUT2D eigenvalue weighted by Crippen LogP contribution is -2.48. The van der Waals surface area contributed by atoms with Gasteiger partial charge < -0.3 is 10.0 Å². The van der Waals surface area contributed by atoms with Crippen molar-refractivity contribution in [3.8, 4) is 0 Å². The second kappa shape index (κ2) is 6.63. The number of aromatic nitrogens is 2. The van der Waals surface area contributed by atoms with Crippen molar-refractivity contribution >= 4 is 5.91 Å². The molecule has 0 bridgehead atoms. The molecule has 2 rings (SSSR count). The van der Waals surface area contributed by atoms with Crippen LogP contribution in [0.5, 0.6) is 0 Å². The fraction of sp³-hybridized carbons (Fsp3) is 0.778. The zero-order chi connectivity index (χ0) is 17.4. The molecule has 0 radical (unpaired) electrons. The highest BCUT2D eigenvalue weighted by Crippen LogP contribution is 2.28. The quantitative estimate of drug-likeness (QED) is 0.906. The first-order valence-electron chi connectivity index (χ1n) is 8.66. The van der Waals surface area contributed by atoms with Crippen LogP contribution in [0, 0.1) is 19.8 Å². The number of aryl methyl sites for hydroxylation is 1. The average molecular weight is 321 g/mol. The molecule has 5 nitrogen and oxygen atoms in total. The van der Waals surface area contributed by atoms with Crippen LogP contribution in [-0.2, 0) is 17.8 Å². The zero-order valence-corrected chi connectivity index (χ0v) is 15.4. The largest absolute Gasteiger partial charge is 0.388 e. The van der Waals surface area contributed by atoms with Gasteiger partial charge in [-0.2, -0.15) is 5.10 Å². The molecule has 0 saturated carbocycles. The van der Waals surface area contributed by atoms with E-state index in [9.17, 15) is 9.90 Å². The van der Waals surface area contributed by atoms with Crippen molar-refractivity contribution < 1.29 is 9.90 Å². The van der Waals surface area contributed by atoms with Crippen molar-refractivity contribution in [1.29, 1.82) is 0 Å². The van der Waals surface area contributed by atoms with Gasteiger partial charge in [-0.1, -0.05) is 13.8 Å². The summed E-state index contributed by atoms with van der Waals surface area (Å²) < 4.78 is 2.01. The molecule has 1 aromatic heterocycles. The Bertz CT molecular complexity index is 570. The van der Waals surface area contributed by atoms with Crippen molar-refractivity contribution in [2.24, 2.45) is 5.92 Å². The average Bonchev–Trinajstić information content (AvgIpc) is 2.99. The minimum absolute atomic E-state index is 0.0821. The summed E-state index contributed by atoms with van der Waals surface area (Å²) in [5, 5.41) is 14.9. The lowest BCUT2D eigenvalue weighted by molar-refractivity contribution is -0.135.